The highest BCUT2D eigenvalue weighted by atomic mass is 35.5. The normalized spacial score (nSPS) is 12.0. The first-order valence-corrected chi connectivity index (χ1v) is 4.18. The Morgan fingerprint density at radius 1 is 1.23 bits per heavy atom. The van der Waals surface area contributed by atoms with Gasteiger partial charge in [-0.2, -0.15) is 0 Å². The lowest BCUT2D eigenvalue weighted by Crippen LogP contribution is -2.20. The molecule has 4 N–H and O–H groups in total. The molecule has 3 heteroatoms. The number of halogens is 1. The van der Waals surface area contributed by atoms with Crippen molar-refractivity contribution in [3.05, 3.63) is 34.9 Å². The van der Waals surface area contributed by atoms with Crippen LogP contribution >= 0.6 is 12.4 Å². The summed E-state index contributed by atoms with van der Waals surface area (Å²) in [5, 5.41) is 0. The number of benzene rings is 1. The quantitative estimate of drug-likeness (QED) is 0.764. The Morgan fingerprint density at radius 2 is 1.85 bits per heavy atom. The third-order valence-electron chi connectivity index (χ3n) is 2.21. The summed E-state index contributed by atoms with van der Waals surface area (Å²) in [6, 6.07) is 6.21. The summed E-state index contributed by atoms with van der Waals surface area (Å²) in [5.41, 5.74) is 14.9. The lowest BCUT2D eigenvalue weighted by atomic mass is 10.0. The SMILES string of the molecule is Cc1ccc([C@H](N)CN)cc1C.Cl. The van der Waals surface area contributed by atoms with Gasteiger partial charge in [0.25, 0.3) is 0 Å². The molecule has 13 heavy (non-hydrogen) atoms. The Morgan fingerprint density at radius 3 is 2.31 bits per heavy atom. The molecule has 0 unspecified atom stereocenters. The van der Waals surface area contributed by atoms with E-state index in [-0.39, 0.29) is 18.4 Å². The van der Waals surface area contributed by atoms with Gasteiger partial charge in [0.1, 0.15) is 0 Å². The fourth-order valence-corrected chi connectivity index (χ4v) is 1.13. The predicted molar refractivity (Wildman–Crippen MR) is 59.1 cm³/mol. The Kier molecular flexibility index (Phi) is 4.99. The summed E-state index contributed by atoms with van der Waals surface area (Å²) in [4.78, 5) is 0. The number of hydrogen-bond acceptors (Lipinski definition) is 2. The summed E-state index contributed by atoms with van der Waals surface area (Å²) < 4.78 is 0. The van der Waals surface area contributed by atoms with Crippen molar-refractivity contribution >= 4 is 12.4 Å². The van der Waals surface area contributed by atoms with Crippen LogP contribution in [-0.4, -0.2) is 6.54 Å². The maximum atomic E-state index is 5.79. The maximum absolute atomic E-state index is 5.79. The zero-order valence-electron chi connectivity index (χ0n) is 8.08. The second-order valence-electron chi connectivity index (χ2n) is 3.19. The first-order valence-electron chi connectivity index (χ1n) is 4.18. The zero-order chi connectivity index (χ0) is 9.14. The van der Waals surface area contributed by atoms with Gasteiger partial charge < -0.3 is 11.5 Å². The summed E-state index contributed by atoms with van der Waals surface area (Å²) >= 11 is 0. The zero-order valence-corrected chi connectivity index (χ0v) is 8.90. The molecule has 74 valence electrons. The maximum Gasteiger partial charge on any atom is 0.0419 e. The summed E-state index contributed by atoms with van der Waals surface area (Å²) in [6.45, 7) is 4.68. The van der Waals surface area contributed by atoms with Crippen LogP contribution in [0.25, 0.3) is 0 Å². The first-order chi connectivity index (χ1) is 5.65. The van der Waals surface area contributed by atoms with Crippen LogP contribution in [0, 0.1) is 13.8 Å². The molecule has 1 rings (SSSR count). The van der Waals surface area contributed by atoms with Crippen molar-refractivity contribution in [2.24, 2.45) is 11.5 Å². The molecule has 0 amide bonds. The molecule has 0 saturated heterocycles. The van der Waals surface area contributed by atoms with Crippen LogP contribution in [0.2, 0.25) is 0 Å². The monoisotopic (exact) mass is 200 g/mol. The molecule has 0 aliphatic rings. The van der Waals surface area contributed by atoms with Crippen LogP contribution in [-0.2, 0) is 0 Å². The van der Waals surface area contributed by atoms with E-state index in [0.717, 1.165) is 5.56 Å². The van der Waals surface area contributed by atoms with Gasteiger partial charge in [-0.3, -0.25) is 0 Å². The van der Waals surface area contributed by atoms with Crippen molar-refractivity contribution in [3.63, 3.8) is 0 Å². The van der Waals surface area contributed by atoms with Crippen molar-refractivity contribution in [1.29, 1.82) is 0 Å². The molecule has 0 aliphatic heterocycles. The first kappa shape index (κ1) is 12.4. The highest BCUT2D eigenvalue weighted by Crippen LogP contribution is 2.14. The number of nitrogens with two attached hydrogens (primary N) is 2. The molecule has 0 bridgehead atoms. The van der Waals surface area contributed by atoms with Crippen molar-refractivity contribution in [2.75, 3.05) is 6.54 Å². The minimum atomic E-state index is -0.0238. The standard InChI is InChI=1S/C10H16N2.ClH/c1-7-3-4-9(5-8(7)2)10(12)6-11;/h3-5,10H,6,11-12H2,1-2H3;1H/t10-;/m1./s1. The van der Waals surface area contributed by atoms with Crippen LogP contribution in [0.5, 0.6) is 0 Å². The van der Waals surface area contributed by atoms with Crippen LogP contribution in [0.4, 0.5) is 0 Å². The molecule has 0 spiro atoms. The molecular weight excluding hydrogens is 184 g/mol. The van der Waals surface area contributed by atoms with E-state index in [1.165, 1.54) is 11.1 Å². The average Bonchev–Trinajstić information content (AvgIpc) is 2.08. The molecular formula is C10H17ClN2. The van der Waals surface area contributed by atoms with Gasteiger partial charge in [-0.05, 0) is 30.5 Å². The van der Waals surface area contributed by atoms with E-state index in [1.54, 1.807) is 0 Å². The molecule has 0 aromatic heterocycles. The summed E-state index contributed by atoms with van der Waals surface area (Å²) in [5.74, 6) is 0. The lowest BCUT2D eigenvalue weighted by molar-refractivity contribution is 0.736. The van der Waals surface area contributed by atoms with Gasteiger partial charge in [0.15, 0.2) is 0 Å². The van der Waals surface area contributed by atoms with Gasteiger partial charge in [-0.1, -0.05) is 18.2 Å². The van der Waals surface area contributed by atoms with Gasteiger partial charge in [-0.15, -0.1) is 12.4 Å². The molecule has 0 heterocycles. The van der Waals surface area contributed by atoms with E-state index in [2.05, 4.69) is 26.0 Å². The highest BCUT2D eigenvalue weighted by Gasteiger charge is 2.03. The van der Waals surface area contributed by atoms with Crippen molar-refractivity contribution in [3.8, 4) is 0 Å². The third kappa shape index (κ3) is 2.99. The molecule has 0 aliphatic carbocycles. The predicted octanol–water partition coefficient (Wildman–Crippen LogP) is 1.68. The van der Waals surface area contributed by atoms with E-state index < -0.39 is 0 Å². The molecule has 1 atom stereocenters. The van der Waals surface area contributed by atoms with E-state index in [4.69, 9.17) is 11.5 Å². The molecule has 0 radical (unpaired) electrons. The van der Waals surface area contributed by atoms with Gasteiger partial charge in [-0.25, -0.2) is 0 Å². The van der Waals surface area contributed by atoms with Gasteiger partial charge in [0.05, 0.1) is 0 Å². The van der Waals surface area contributed by atoms with E-state index in [9.17, 15) is 0 Å². The number of aryl methyl sites for hydroxylation is 2. The highest BCUT2D eigenvalue weighted by molar-refractivity contribution is 5.85. The third-order valence-corrected chi connectivity index (χ3v) is 2.21. The fraction of sp³-hybridized carbons (Fsp3) is 0.400. The van der Waals surface area contributed by atoms with Crippen molar-refractivity contribution < 1.29 is 0 Å². The van der Waals surface area contributed by atoms with Gasteiger partial charge >= 0.3 is 0 Å². The van der Waals surface area contributed by atoms with Gasteiger partial charge in [0, 0.05) is 12.6 Å². The summed E-state index contributed by atoms with van der Waals surface area (Å²) in [7, 11) is 0. The van der Waals surface area contributed by atoms with Crippen molar-refractivity contribution in [2.45, 2.75) is 19.9 Å². The Bertz CT molecular complexity index is 274. The largest absolute Gasteiger partial charge is 0.329 e. The second-order valence-corrected chi connectivity index (χ2v) is 3.19. The topological polar surface area (TPSA) is 52.0 Å². The number of rotatable bonds is 2. The molecule has 2 nitrogen and oxygen atoms in total. The molecule has 0 fully saturated rings. The van der Waals surface area contributed by atoms with E-state index >= 15 is 0 Å². The molecule has 1 aromatic rings. The minimum Gasteiger partial charge on any atom is -0.329 e. The second kappa shape index (κ2) is 5.22. The Balaban J connectivity index is 0.00000144. The summed E-state index contributed by atoms with van der Waals surface area (Å²) in [6.07, 6.45) is 0. The molecule has 1 aromatic carbocycles. The van der Waals surface area contributed by atoms with Crippen LogP contribution in [0.15, 0.2) is 18.2 Å². The molecule has 0 saturated carbocycles. The number of hydrogen-bond donors (Lipinski definition) is 2. The van der Waals surface area contributed by atoms with Gasteiger partial charge in [0.2, 0.25) is 0 Å². The van der Waals surface area contributed by atoms with Crippen LogP contribution in [0.3, 0.4) is 0 Å². The van der Waals surface area contributed by atoms with Crippen LogP contribution in [0.1, 0.15) is 22.7 Å². The lowest BCUT2D eigenvalue weighted by Gasteiger charge is -2.10. The fourth-order valence-electron chi connectivity index (χ4n) is 1.13. The van der Waals surface area contributed by atoms with E-state index in [0.29, 0.717) is 6.54 Å². The van der Waals surface area contributed by atoms with Crippen molar-refractivity contribution in [1.82, 2.24) is 0 Å². The Labute approximate surface area is 85.7 Å². The van der Waals surface area contributed by atoms with Crippen LogP contribution < -0.4 is 11.5 Å². The van der Waals surface area contributed by atoms with E-state index in [1.807, 2.05) is 6.07 Å². The Hall–Kier alpha value is -0.570. The smallest absolute Gasteiger partial charge is 0.0419 e. The average molecular weight is 201 g/mol. The minimum absolute atomic E-state index is 0.